The standard InChI is InChI=1S/C65H70N4O6/c70-52-25-17-39(31-55(52)73)16-22-46-47-11-4-12-53(71)57(47)59(75)58(74)48(46)23-15-38-13-18-41(19-14-38)50-34-62(33-44-21-24-45(51(35-62)68-44)40-7-2-1-3-8-40)49-32-43-10-6-28-64(43)30-29-63-27-5-9-42(63)20-26-54(72)60(63)65(64,61(49)69-50)56-36-66-37-67-56/h1-4,7-8,11-14,16-22,24-26,31,36-37,42-45,49-51,54,60-61,68-75H,5-6,9-10,15,23,27-30,32-35H2,(H,66,67). The predicted molar refractivity (Wildman–Crippen MR) is 292 cm³/mol. The number of fused-ring (bicyclic) bond motifs is 7. The zero-order valence-electron chi connectivity index (χ0n) is 42.6. The van der Waals surface area contributed by atoms with Gasteiger partial charge in [-0.15, -0.1) is 0 Å². The molecule has 6 aromatic rings. The summed E-state index contributed by atoms with van der Waals surface area (Å²) in [7, 11) is 0. The van der Waals surface area contributed by atoms with Crippen LogP contribution in [0.3, 0.4) is 0 Å². The van der Waals surface area contributed by atoms with Crippen molar-refractivity contribution in [1.29, 1.82) is 0 Å². The fraction of sp³-hybridized carbons (Fsp3) is 0.431. The molecule has 10 nitrogen and oxygen atoms in total. The molecule has 14 atom stereocenters. The molecule has 9 N–H and O–H groups in total. The summed E-state index contributed by atoms with van der Waals surface area (Å²) in [6.07, 6.45) is 31.9. The number of nitrogens with zero attached hydrogens (tertiary/aromatic N) is 1. The maximum atomic E-state index is 13.0. The lowest BCUT2D eigenvalue weighted by Gasteiger charge is -2.75. The minimum Gasteiger partial charge on any atom is -0.507 e. The summed E-state index contributed by atoms with van der Waals surface area (Å²) in [5.41, 5.74) is 6.54. The quantitative estimate of drug-likeness (QED) is 0.0408. The Labute approximate surface area is 439 Å². The first kappa shape index (κ1) is 47.1. The molecule has 5 aliphatic carbocycles. The molecule has 8 aliphatic rings. The summed E-state index contributed by atoms with van der Waals surface area (Å²) in [5.74, 6) is 0.580. The lowest BCUT2D eigenvalue weighted by atomic mass is 9.31. The zero-order chi connectivity index (χ0) is 50.8. The molecule has 3 aliphatic heterocycles. The Bertz CT molecular complexity index is 3260. The highest BCUT2D eigenvalue weighted by Gasteiger charge is 2.78. The van der Waals surface area contributed by atoms with Crippen LogP contribution in [0.25, 0.3) is 22.9 Å². The SMILES string of the molecule is Oc1ccc(C=Cc2c(CCc3ccc(C4CC5(CC6C=CC(c7ccccc7)C(C5)N6)C5CC6CCCC67CCC68CCCC6C=CC(O)C8C7(c6cnc[nH]6)C5N4)cc3)c(O)c(O)c3c(O)cccc23)cc1O. The first-order chi connectivity index (χ1) is 36.5. The second-order valence-corrected chi connectivity index (χ2v) is 24.5. The lowest BCUT2D eigenvalue weighted by molar-refractivity contribution is -0.217. The van der Waals surface area contributed by atoms with Crippen LogP contribution >= 0.6 is 0 Å². The third-order valence-electron chi connectivity index (χ3n) is 21.6. The highest BCUT2D eigenvalue weighted by molar-refractivity contribution is 6.03. The Kier molecular flexibility index (Phi) is 11.1. The predicted octanol–water partition coefficient (Wildman–Crippen LogP) is 11.8. The van der Waals surface area contributed by atoms with E-state index < -0.39 is 6.10 Å². The molecule has 4 heterocycles. The Morgan fingerprint density at radius 2 is 1.55 bits per heavy atom. The van der Waals surface area contributed by atoms with Gasteiger partial charge in [0.2, 0.25) is 0 Å². The normalized spacial score (nSPS) is 36.3. The zero-order valence-corrected chi connectivity index (χ0v) is 42.6. The summed E-state index contributed by atoms with van der Waals surface area (Å²) in [6, 6.07) is 30.6. The number of imidazole rings is 1. The molecular weight excluding hydrogens is 933 g/mol. The number of aryl methyl sites for hydroxylation is 1. The van der Waals surface area contributed by atoms with E-state index in [1.165, 1.54) is 92.8 Å². The Morgan fingerprint density at radius 3 is 2.37 bits per heavy atom. The van der Waals surface area contributed by atoms with Gasteiger partial charge in [0.05, 0.1) is 17.8 Å². The molecule has 0 amide bonds. The number of allylic oxidation sites excluding steroid dienone is 1. The third kappa shape index (κ3) is 6.97. The van der Waals surface area contributed by atoms with E-state index in [0.29, 0.717) is 58.7 Å². The first-order valence-electron chi connectivity index (χ1n) is 28.1. The van der Waals surface area contributed by atoms with Crippen molar-refractivity contribution < 1.29 is 30.6 Å². The van der Waals surface area contributed by atoms with Gasteiger partial charge in [-0.1, -0.05) is 122 Å². The summed E-state index contributed by atoms with van der Waals surface area (Å²) < 4.78 is 0. The summed E-state index contributed by atoms with van der Waals surface area (Å²) >= 11 is 0. The van der Waals surface area contributed by atoms with E-state index in [9.17, 15) is 30.6 Å². The summed E-state index contributed by atoms with van der Waals surface area (Å²) in [5, 5.41) is 76.7. The fourth-order valence-electron chi connectivity index (χ4n) is 18.9. The van der Waals surface area contributed by atoms with Crippen LogP contribution in [0, 0.1) is 39.9 Å². The number of aromatic nitrogens is 2. The second kappa shape index (κ2) is 17.6. The molecule has 10 heteroatoms. The molecule has 1 aromatic heterocycles. The van der Waals surface area contributed by atoms with Crippen molar-refractivity contribution in [2.24, 2.45) is 39.9 Å². The fourth-order valence-corrected chi connectivity index (χ4v) is 18.9. The molecule has 14 unspecified atom stereocenters. The van der Waals surface area contributed by atoms with Crippen molar-refractivity contribution in [2.45, 2.75) is 131 Å². The molecule has 3 spiro atoms. The highest BCUT2D eigenvalue weighted by Crippen LogP contribution is 2.79. The Hall–Kier alpha value is -6.33. The van der Waals surface area contributed by atoms with Crippen molar-refractivity contribution >= 4 is 22.9 Å². The number of piperidine rings is 2. The summed E-state index contributed by atoms with van der Waals surface area (Å²) in [6.45, 7) is 0. The van der Waals surface area contributed by atoms with Crippen molar-refractivity contribution in [3.8, 4) is 28.7 Å². The topological polar surface area (TPSA) is 174 Å². The van der Waals surface area contributed by atoms with Crippen molar-refractivity contribution in [1.82, 2.24) is 20.6 Å². The minimum absolute atomic E-state index is 0.0153. The van der Waals surface area contributed by atoms with Crippen LogP contribution in [-0.2, 0) is 18.3 Å². The van der Waals surface area contributed by atoms with Gasteiger partial charge in [0.1, 0.15) is 5.75 Å². The first-order valence-corrected chi connectivity index (χ1v) is 28.1. The number of hydrogen-bond donors (Lipinski definition) is 9. The number of phenolic OH excluding ortho intramolecular Hbond substituents is 5. The monoisotopic (exact) mass is 1000 g/mol. The highest BCUT2D eigenvalue weighted by atomic mass is 16.3. The molecule has 14 rings (SSSR count). The molecule has 0 radical (unpaired) electrons. The number of H-pyrrole nitrogens is 1. The van der Waals surface area contributed by atoms with Crippen LogP contribution in [-0.4, -0.2) is 64.8 Å². The van der Waals surface area contributed by atoms with Crippen molar-refractivity contribution in [2.75, 3.05) is 0 Å². The van der Waals surface area contributed by atoms with Crippen LogP contribution in [0.15, 0.2) is 128 Å². The molecule has 6 fully saturated rings. The number of benzene rings is 5. The Balaban J connectivity index is 0.862. The van der Waals surface area contributed by atoms with E-state index in [-0.39, 0.29) is 85.8 Å². The van der Waals surface area contributed by atoms with E-state index in [2.05, 4.69) is 101 Å². The van der Waals surface area contributed by atoms with E-state index in [0.717, 1.165) is 24.8 Å². The molecule has 2 saturated heterocycles. The number of rotatable bonds is 8. The van der Waals surface area contributed by atoms with E-state index in [1.54, 1.807) is 18.2 Å². The van der Waals surface area contributed by atoms with Gasteiger partial charge in [0, 0.05) is 58.9 Å². The van der Waals surface area contributed by atoms with Crippen molar-refractivity contribution in [3.05, 3.63) is 167 Å². The van der Waals surface area contributed by atoms with Gasteiger partial charge in [-0.3, -0.25) is 0 Å². The molecule has 386 valence electrons. The largest absolute Gasteiger partial charge is 0.507 e. The van der Waals surface area contributed by atoms with Crippen LogP contribution < -0.4 is 10.6 Å². The summed E-state index contributed by atoms with van der Waals surface area (Å²) in [4.78, 5) is 8.78. The maximum Gasteiger partial charge on any atom is 0.169 e. The third-order valence-corrected chi connectivity index (χ3v) is 21.6. The van der Waals surface area contributed by atoms with E-state index in [1.807, 2.05) is 18.5 Å². The van der Waals surface area contributed by atoms with Gasteiger partial charge in [-0.05, 0) is 162 Å². The van der Waals surface area contributed by atoms with Crippen LogP contribution in [0.2, 0.25) is 0 Å². The van der Waals surface area contributed by atoms with Crippen LogP contribution in [0.5, 0.6) is 28.7 Å². The average molecular weight is 1000 g/mol. The number of aliphatic hydroxyl groups excluding tert-OH is 1. The van der Waals surface area contributed by atoms with Gasteiger partial charge in [-0.2, -0.15) is 0 Å². The number of nitrogens with one attached hydrogen (secondary N) is 3. The average Bonchev–Trinajstić information content (AvgIpc) is 4.39. The molecule has 4 saturated carbocycles. The minimum atomic E-state index is -0.540. The molecule has 75 heavy (non-hydrogen) atoms. The number of hydrogen-bond acceptors (Lipinski definition) is 9. The van der Waals surface area contributed by atoms with Gasteiger partial charge >= 0.3 is 0 Å². The molecule has 5 aromatic carbocycles. The lowest BCUT2D eigenvalue weighted by Crippen LogP contribution is -2.78. The van der Waals surface area contributed by atoms with Crippen molar-refractivity contribution in [3.63, 3.8) is 0 Å². The molecular formula is C65H70N4O6. The number of aromatic amines is 1. The van der Waals surface area contributed by atoms with E-state index >= 15 is 0 Å². The second-order valence-electron chi connectivity index (χ2n) is 24.5. The maximum absolute atomic E-state index is 13.0. The van der Waals surface area contributed by atoms with Gasteiger partial charge in [0.25, 0.3) is 0 Å². The number of aromatic hydroxyl groups is 5. The smallest absolute Gasteiger partial charge is 0.169 e. The Morgan fingerprint density at radius 1 is 0.693 bits per heavy atom. The molecule has 2 bridgehead atoms. The van der Waals surface area contributed by atoms with E-state index in [4.69, 9.17) is 4.98 Å². The number of aliphatic hydroxyl groups is 1. The van der Waals surface area contributed by atoms with Crippen LogP contribution in [0.4, 0.5) is 0 Å². The van der Waals surface area contributed by atoms with Gasteiger partial charge in [0.15, 0.2) is 23.0 Å². The van der Waals surface area contributed by atoms with Crippen LogP contribution in [0.1, 0.15) is 128 Å². The van der Waals surface area contributed by atoms with Gasteiger partial charge in [-0.25, -0.2) is 4.98 Å². The van der Waals surface area contributed by atoms with Gasteiger partial charge < -0.3 is 46.3 Å². The number of phenols is 5.